The molecule has 11 atom stereocenters. The second kappa shape index (κ2) is 32.5. The van der Waals surface area contributed by atoms with Gasteiger partial charge in [0.25, 0.3) is 0 Å². The summed E-state index contributed by atoms with van der Waals surface area (Å²) in [4.78, 5) is 144. The highest BCUT2D eigenvalue weighted by Crippen LogP contribution is 2.10. The lowest BCUT2D eigenvalue weighted by atomic mass is 10.0. The highest BCUT2D eigenvalue weighted by atomic mass is 32.2. The van der Waals surface area contributed by atoms with E-state index in [1.165, 1.54) is 18.7 Å². The van der Waals surface area contributed by atoms with Crippen LogP contribution in [0.4, 0.5) is 0 Å². The fraction of sp³-hybridized carbons (Fsp3) is 0.622. The predicted molar refractivity (Wildman–Crippen MR) is 263 cm³/mol. The molecule has 0 unspecified atom stereocenters. The molecule has 0 saturated carbocycles. The van der Waals surface area contributed by atoms with Crippen molar-refractivity contribution in [3.05, 3.63) is 35.9 Å². The number of thioether (sulfide) groups is 1. The van der Waals surface area contributed by atoms with Crippen LogP contribution in [0.5, 0.6) is 0 Å². The highest BCUT2D eigenvalue weighted by molar-refractivity contribution is 7.98. The average molecular weight is 1040 g/mol. The molecule has 0 spiro atoms. The van der Waals surface area contributed by atoms with E-state index in [9.17, 15) is 68.1 Å². The van der Waals surface area contributed by atoms with Crippen LogP contribution in [-0.4, -0.2) is 165 Å². The molecule has 0 bridgehead atoms. The topological polar surface area (TPSA) is 449 Å². The smallest absolute Gasteiger partial charge is 0.326 e. The van der Waals surface area contributed by atoms with E-state index in [-0.39, 0.29) is 19.3 Å². The number of benzene rings is 1. The average Bonchev–Trinajstić information content (AvgIpc) is 3.30. The maximum absolute atomic E-state index is 14.1. The van der Waals surface area contributed by atoms with E-state index in [0.717, 1.165) is 13.8 Å². The molecule has 0 fully saturated rings. The van der Waals surface area contributed by atoms with E-state index in [2.05, 4.69) is 42.5 Å². The zero-order valence-electron chi connectivity index (χ0n) is 41.4. The van der Waals surface area contributed by atoms with Crippen LogP contribution in [0, 0.1) is 5.92 Å². The van der Waals surface area contributed by atoms with Crippen molar-refractivity contribution in [2.45, 2.75) is 153 Å². The van der Waals surface area contributed by atoms with E-state index in [1.807, 2.05) is 0 Å². The first-order valence-corrected chi connectivity index (χ1v) is 24.7. The molecule has 1 aromatic rings. The molecule has 19 N–H and O–H groups in total. The zero-order valence-corrected chi connectivity index (χ0v) is 42.3. The summed E-state index contributed by atoms with van der Waals surface area (Å²) < 4.78 is 0. The molecule has 27 heteroatoms. The molecule has 1 aromatic carbocycles. The van der Waals surface area contributed by atoms with Crippen LogP contribution < -0.4 is 65.5 Å². The van der Waals surface area contributed by atoms with Crippen LogP contribution in [0.25, 0.3) is 0 Å². The van der Waals surface area contributed by atoms with Crippen molar-refractivity contribution < 1.29 is 68.1 Å². The van der Waals surface area contributed by atoms with Gasteiger partial charge in [0.1, 0.15) is 48.3 Å². The van der Waals surface area contributed by atoms with E-state index in [0.29, 0.717) is 30.7 Å². The molecule has 0 heterocycles. The summed E-state index contributed by atoms with van der Waals surface area (Å²) >= 11 is 1.35. The van der Waals surface area contributed by atoms with Gasteiger partial charge in [-0.1, -0.05) is 50.6 Å². The largest absolute Gasteiger partial charge is 0.480 e. The van der Waals surface area contributed by atoms with Gasteiger partial charge in [-0.15, -0.1) is 0 Å². The van der Waals surface area contributed by atoms with E-state index < -0.39 is 157 Å². The first-order valence-electron chi connectivity index (χ1n) is 23.3. The Morgan fingerprint density at radius 3 is 1.51 bits per heavy atom. The summed E-state index contributed by atoms with van der Waals surface area (Å²) in [6.45, 7) is 7.00. The molecule has 0 aliphatic heterocycles. The first kappa shape index (κ1) is 63.6. The summed E-state index contributed by atoms with van der Waals surface area (Å²) in [5, 5.41) is 49.7. The Morgan fingerprint density at radius 1 is 0.556 bits per heavy atom. The van der Waals surface area contributed by atoms with Crippen molar-refractivity contribution in [1.29, 1.82) is 0 Å². The summed E-state index contributed by atoms with van der Waals surface area (Å²) in [5.41, 5.74) is 22.8. The molecular weight excluding hydrogens is 965 g/mol. The molecule has 0 saturated heterocycles. The number of rotatable bonds is 34. The number of carboxylic acids is 1. The molecule has 26 nitrogen and oxygen atoms in total. The van der Waals surface area contributed by atoms with Crippen molar-refractivity contribution in [3.8, 4) is 0 Å². The van der Waals surface area contributed by atoms with Gasteiger partial charge in [0.15, 0.2) is 0 Å². The van der Waals surface area contributed by atoms with Crippen LogP contribution in [0.2, 0.25) is 0 Å². The number of aliphatic hydroxyl groups is 2. The number of unbranched alkanes of at least 4 members (excludes halogenated alkanes) is 1. The minimum absolute atomic E-state index is 0.0763. The third-order valence-electron chi connectivity index (χ3n) is 10.9. The Bertz CT molecular complexity index is 2010. The number of hydrogen-bond donors (Lipinski definition) is 15. The lowest BCUT2D eigenvalue weighted by Gasteiger charge is -2.29. The molecule has 0 radical (unpaired) electrons. The van der Waals surface area contributed by atoms with Crippen molar-refractivity contribution in [2.75, 3.05) is 18.6 Å². The second-order valence-corrected chi connectivity index (χ2v) is 18.5. The molecule has 0 aliphatic rings. The minimum atomic E-state index is -1.91. The number of nitrogens with two attached hydrogens (primary N) is 4. The molecule has 72 heavy (non-hydrogen) atoms. The number of aliphatic hydroxyl groups excluding tert-OH is 2. The van der Waals surface area contributed by atoms with Crippen molar-refractivity contribution in [3.63, 3.8) is 0 Å². The van der Waals surface area contributed by atoms with E-state index in [4.69, 9.17) is 22.9 Å². The van der Waals surface area contributed by atoms with Gasteiger partial charge in [0.05, 0.1) is 24.7 Å². The fourth-order valence-corrected chi connectivity index (χ4v) is 7.20. The molecular formula is C45H74N12O14S. The molecule has 0 aromatic heterocycles. The van der Waals surface area contributed by atoms with E-state index in [1.54, 1.807) is 50.4 Å². The van der Waals surface area contributed by atoms with Gasteiger partial charge in [-0.25, -0.2) is 4.79 Å². The molecule has 0 aliphatic carbocycles. The summed E-state index contributed by atoms with van der Waals surface area (Å²) in [5.74, 6) is -11.5. The number of aliphatic carboxylic acids is 1. The quantitative estimate of drug-likeness (QED) is 0.0287. The number of amides is 10. The normalized spacial score (nSPS) is 15.7. The Kier molecular flexibility index (Phi) is 28.7. The molecule has 404 valence electrons. The van der Waals surface area contributed by atoms with Crippen LogP contribution in [0.1, 0.15) is 85.1 Å². The Labute approximate surface area is 422 Å². The lowest BCUT2D eigenvalue weighted by molar-refractivity contribution is -0.143. The van der Waals surface area contributed by atoms with Crippen molar-refractivity contribution in [2.24, 2.45) is 28.9 Å². The summed E-state index contributed by atoms with van der Waals surface area (Å²) in [6, 6.07) is -5.44. The number of nitrogens with one attached hydrogen (secondary N) is 8. The van der Waals surface area contributed by atoms with Crippen molar-refractivity contribution >= 4 is 76.8 Å². The first-order chi connectivity index (χ1) is 33.7. The summed E-state index contributed by atoms with van der Waals surface area (Å²) in [6.07, 6.45) is -2.13. The second-order valence-electron chi connectivity index (χ2n) is 17.5. The van der Waals surface area contributed by atoms with Gasteiger partial charge in [-0.3, -0.25) is 47.9 Å². The van der Waals surface area contributed by atoms with Gasteiger partial charge in [-0.2, -0.15) is 11.8 Å². The molecule has 10 amide bonds. The van der Waals surface area contributed by atoms with Gasteiger partial charge in [-0.05, 0) is 76.5 Å². The van der Waals surface area contributed by atoms with Gasteiger partial charge < -0.3 is 80.8 Å². The molecule has 1 rings (SSSR count). The number of primary amides is 2. The number of carboxylic acid groups (broad SMARTS) is 1. The standard InChI is InChI=1S/C45H74N12O14S/c1-22(2)34(45(70)71)55-37(62)23(3)50-43(68)35(24(4)58)56-41(66)30(20-26-12-8-7-9-13-26)53-39(64)28(15-16-32(48)60)52-44(69)36(25(5)59)57-42(67)31(21-33(49)61)54-40(65)29(17-19-72-6)51-38(63)27(47)14-10-11-18-46/h7-9,12-13,22-25,27-31,34-36,58-59H,10-11,14-21,46-47H2,1-6H3,(H2,48,60)(H2,49,61)(H,50,68)(H,51,63)(H,52,69)(H,53,64)(H,54,65)(H,55,62)(H,56,66)(H,57,67)(H,70,71)/t23-,24+,25+,27-,28-,29-,30-,31-,34-,35-,36-/m0/s1. The minimum Gasteiger partial charge on any atom is -0.480 e. The van der Waals surface area contributed by atoms with Gasteiger partial charge in [0.2, 0.25) is 59.1 Å². The third kappa shape index (κ3) is 23.2. The van der Waals surface area contributed by atoms with Crippen molar-refractivity contribution in [1.82, 2.24) is 42.5 Å². The predicted octanol–water partition coefficient (Wildman–Crippen LogP) is -5.02. The van der Waals surface area contributed by atoms with Gasteiger partial charge >= 0.3 is 5.97 Å². The van der Waals surface area contributed by atoms with Crippen LogP contribution in [0.3, 0.4) is 0 Å². The van der Waals surface area contributed by atoms with Crippen LogP contribution >= 0.6 is 11.8 Å². The van der Waals surface area contributed by atoms with Gasteiger partial charge in [0, 0.05) is 12.8 Å². The third-order valence-corrected chi connectivity index (χ3v) is 11.6. The monoisotopic (exact) mass is 1040 g/mol. The Morgan fingerprint density at radius 2 is 1.03 bits per heavy atom. The maximum atomic E-state index is 14.1. The lowest BCUT2D eigenvalue weighted by Crippen LogP contribution is -2.63. The number of carbonyl (C=O) groups is 11. The SMILES string of the molecule is CSCC[C@H](NC(=O)[C@@H](N)CCCCN)C(=O)N[C@@H](CC(N)=O)C(=O)N[C@H](C(=O)N[C@@H](CCC(N)=O)C(=O)N[C@@H](Cc1ccccc1)C(=O)N[C@H](C(=O)N[C@@H](C)C(=O)N[C@H](C(=O)O)C(C)C)[C@@H](C)O)[C@@H](C)O. The Balaban J connectivity index is 3.46. The number of hydrogen-bond acceptors (Lipinski definition) is 16. The fourth-order valence-electron chi connectivity index (χ4n) is 6.73. The van der Waals surface area contributed by atoms with Crippen LogP contribution in [0.15, 0.2) is 30.3 Å². The highest BCUT2D eigenvalue weighted by Gasteiger charge is 2.37. The number of carbonyl (C=O) groups excluding carboxylic acids is 10. The van der Waals surface area contributed by atoms with Crippen LogP contribution in [-0.2, 0) is 59.2 Å². The maximum Gasteiger partial charge on any atom is 0.326 e. The zero-order chi connectivity index (χ0) is 54.8. The Hall–Kier alpha value is -6.42. The van der Waals surface area contributed by atoms with E-state index >= 15 is 0 Å². The summed E-state index contributed by atoms with van der Waals surface area (Å²) in [7, 11) is 0.